The Hall–Kier alpha value is -1.29. The van der Waals surface area contributed by atoms with Crippen molar-refractivity contribution < 1.29 is 4.74 Å². The lowest BCUT2D eigenvalue weighted by atomic mass is 10.1. The Bertz CT molecular complexity index is 323. The second kappa shape index (κ2) is 4.49. The normalized spacial score (nSPS) is 22.6. The highest BCUT2D eigenvalue weighted by Gasteiger charge is 2.22. The first kappa shape index (κ1) is 10.2. The fraction of sp³-hybridized carbons (Fsp3) is 0.545. The monoisotopic (exact) mass is 207 g/mol. The van der Waals surface area contributed by atoms with Crippen LogP contribution < -0.4 is 11.1 Å². The third-order valence-electron chi connectivity index (χ3n) is 2.68. The highest BCUT2D eigenvalue weighted by atomic mass is 16.5. The van der Waals surface area contributed by atoms with E-state index in [1.165, 1.54) is 0 Å². The molecule has 0 saturated carbocycles. The van der Waals surface area contributed by atoms with E-state index < -0.39 is 0 Å². The molecule has 1 saturated heterocycles. The van der Waals surface area contributed by atoms with Crippen LogP contribution in [0.5, 0.6) is 0 Å². The summed E-state index contributed by atoms with van der Waals surface area (Å²) in [7, 11) is 0. The maximum absolute atomic E-state index is 5.65. The summed E-state index contributed by atoms with van der Waals surface area (Å²) < 4.78 is 5.60. The summed E-state index contributed by atoms with van der Waals surface area (Å²) >= 11 is 0. The molecule has 4 heteroatoms. The van der Waals surface area contributed by atoms with Gasteiger partial charge in [-0.1, -0.05) is 0 Å². The van der Waals surface area contributed by atoms with Gasteiger partial charge in [-0.25, -0.2) is 0 Å². The number of nitrogens with two attached hydrogens (primary N) is 1. The zero-order valence-corrected chi connectivity index (χ0v) is 8.94. The number of ether oxygens (including phenoxy) is 1. The zero-order valence-electron chi connectivity index (χ0n) is 8.94. The van der Waals surface area contributed by atoms with Gasteiger partial charge in [0.2, 0.25) is 0 Å². The van der Waals surface area contributed by atoms with Crippen molar-refractivity contribution in [3.63, 3.8) is 0 Å². The summed E-state index contributed by atoms with van der Waals surface area (Å²) in [6.07, 6.45) is 6.02. The number of aromatic nitrogens is 1. The fourth-order valence-electron chi connectivity index (χ4n) is 1.89. The van der Waals surface area contributed by atoms with E-state index in [2.05, 4.69) is 17.2 Å². The van der Waals surface area contributed by atoms with Gasteiger partial charge in [0, 0.05) is 18.8 Å². The molecule has 2 heterocycles. The van der Waals surface area contributed by atoms with Crippen molar-refractivity contribution in [1.29, 1.82) is 0 Å². The number of hydrogen-bond donors (Lipinski definition) is 2. The maximum atomic E-state index is 5.65. The average Bonchev–Trinajstić information content (AvgIpc) is 2.70. The van der Waals surface area contributed by atoms with Gasteiger partial charge in [0.15, 0.2) is 0 Å². The van der Waals surface area contributed by atoms with Crippen LogP contribution in [0.4, 0.5) is 11.4 Å². The first-order valence-electron chi connectivity index (χ1n) is 5.34. The third-order valence-corrected chi connectivity index (χ3v) is 2.68. The smallest absolute Gasteiger partial charge is 0.0774 e. The summed E-state index contributed by atoms with van der Waals surface area (Å²) in [6, 6.07) is 2.19. The second-order valence-corrected chi connectivity index (χ2v) is 3.99. The highest BCUT2D eigenvalue weighted by Crippen LogP contribution is 2.19. The van der Waals surface area contributed by atoms with Crippen LogP contribution in [-0.2, 0) is 4.74 Å². The third kappa shape index (κ3) is 2.59. The van der Waals surface area contributed by atoms with Gasteiger partial charge >= 0.3 is 0 Å². The average molecular weight is 207 g/mol. The summed E-state index contributed by atoms with van der Waals surface area (Å²) in [5.41, 5.74) is 7.29. The molecule has 1 aromatic rings. The van der Waals surface area contributed by atoms with Crippen molar-refractivity contribution in [3.8, 4) is 0 Å². The highest BCUT2D eigenvalue weighted by molar-refractivity contribution is 5.51. The van der Waals surface area contributed by atoms with Gasteiger partial charge < -0.3 is 15.8 Å². The van der Waals surface area contributed by atoms with E-state index in [4.69, 9.17) is 10.5 Å². The Morgan fingerprint density at radius 1 is 1.60 bits per heavy atom. The second-order valence-electron chi connectivity index (χ2n) is 3.99. The van der Waals surface area contributed by atoms with E-state index in [0.29, 0.717) is 17.8 Å². The van der Waals surface area contributed by atoms with Crippen molar-refractivity contribution in [2.45, 2.75) is 31.9 Å². The Kier molecular flexibility index (Phi) is 3.06. The predicted molar refractivity (Wildman–Crippen MR) is 60.7 cm³/mol. The van der Waals surface area contributed by atoms with Gasteiger partial charge in [-0.05, 0) is 25.8 Å². The maximum Gasteiger partial charge on any atom is 0.0774 e. The Labute approximate surface area is 89.8 Å². The molecule has 2 unspecified atom stereocenters. The molecule has 0 amide bonds. The Balaban J connectivity index is 1.95. The number of nitrogens with one attached hydrogen (secondary N) is 1. The van der Waals surface area contributed by atoms with Crippen LogP contribution in [-0.4, -0.2) is 23.7 Å². The van der Waals surface area contributed by atoms with Crippen molar-refractivity contribution >= 4 is 11.4 Å². The van der Waals surface area contributed by atoms with Gasteiger partial charge in [-0.15, -0.1) is 0 Å². The minimum Gasteiger partial charge on any atom is -0.397 e. The predicted octanol–water partition coefficient (Wildman–Crippen LogP) is 1.64. The molecule has 1 aromatic heterocycles. The lowest BCUT2D eigenvalue weighted by Crippen LogP contribution is -2.30. The Morgan fingerprint density at radius 3 is 3.13 bits per heavy atom. The van der Waals surface area contributed by atoms with Crippen molar-refractivity contribution in [1.82, 2.24) is 4.98 Å². The molecule has 1 fully saturated rings. The summed E-state index contributed by atoms with van der Waals surface area (Å²) in [4.78, 5) is 4.04. The number of hydrogen-bond acceptors (Lipinski definition) is 4. The van der Waals surface area contributed by atoms with Gasteiger partial charge in [0.25, 0.3) is 0 Å². The molecule has 1 aliphatic rings. The minimum atomic E-state index is 0.302. The van der Waals surface area contributed by atoms with Crippen LogP contribution >= 0.6 is 0 Å². The lowest BCUT2D eigenvalue weighted by Gasteiger charge is -2.20. The summed E-state index contributed by atoms with van der Waals surface area (Å²) in [5, 5.41) is 3.36. The number of nitrogen functional groups attached to an aromatic ring is 1. The fourth-order valence-corrected chi connectivity index (χ4v) is 1.89. The molecule has 82 valence electrons. The van der Waals surface area contributed by atoms with E-state index in [1.807, 2.05) is 6.07 Å². The first-order valence-corrected chi connectivity index (χ1v) is 5.34. The number of pyridine rings is 1. The van der Waals surface area contributed by atoms with Crippen LogP contribution in [0.1, 0.15) is 19.8 Å². The van der Waals surface area contributed by atoms with Crippen molar-refractivity contribution in [2.75, 3.05) is 17.7 Å². The zero-order chi connectivity index (χ0) is 10.7. The molecule has 15 heavy (non-hydrogen) atoms. The summed E-state index contributed by atoms with van der Waals surface area (Å²) in [5.74, 6) is 0. The van der Waals surface area contributed by atoms with Crippen LogP contribution in [0.15, 0.2) is 18.5 Å². The van der Waals surface area contributed by atoms with E-state index in [9.17, 15) is 0 Å². The quantitative estimate of drug-likeness (QED) is 0.791. The lowest BCUT2D eigenvalue weighted by molar-refractivity contribution is 0.0996. The van der Waals surface area contributed by atoms with Crippen LogP contribution in [0, 0.1) is 0 Å². The van der Waals surface area contributed by atoms with E-state index in [-0.39, 0.29) is 0 Å². The first-order chi connectivity index (χ1) is 7.25. The molecule has 0 spiro atoms. The van der Waals surface area contributed by atoms with Gasteiger partial charge in [-0.2, -0.15) is 0 Å². The molecule has 0 aliphatic carbocycles. The minimum absolute atomic E-state index is 0.302. The largest absolute Gasteiger partial charge is 0.397 e. The van der Waals surface area contributed by atoms with Gasteiger partial charge in [0.05, 0.1) is 23.7 Å². The van der Waals surface area contributed by atoms with Gasteiger partial charge in [-0.3, -0.25) is 4.98 Å². The van der Waals surface area contributed by atoms with Crippen LogP contribution in [0.3, 0.4) is 0 Å². The number of nitrogens with zero attached hydrogens (tertiary/aromatic N) is 1. The Morgan fingerprint density at radius 2 is 2.47 bits per heavy atom. The van der Waals surface area contributed by atoms with E-state index in [1.54, 1.807) is 12.4 Å². The topological polar surface area (TPSA) is 60.2 Å². The molecule has 0 aromatic carbocycles. The molecule has 2 rings (SSSR count). The summed E-state index contributed by atoms with van der Waals surface area (Å²) in [6.45, 7) is 3.01. The molecule has 2 atom stereocenters. The molecule has 4 nitrogen and oxygen atoms in total. The van der Waals surface area contributed by atoms with E-state index >= 15 is 0 Å². The molecule has 0 radical (unpaired) electrons. The van der Waals surface area contributed by atoms with Crippen LogP contribution in [0.25, 0.3) is 0 Å². The van der Waals surface area contributed by atoms with Crippen LogP contribution in [0.2, 0.25) is 0 Å². The van der Waals surface area contributed by atoms with E-state index in [0.717, 1.165) is 25.1 Å². The molecule has 3 N–H and O–H groups in total. The standard InChI is InChI=1S/C11H17N3O/c1-8(11-3-2-4-15-11)14-10-5-9(12)6-13-7-10/h5-8,11,14H,2-4,12H2,1H3. The molecule has 0 bridgehead atoms. The molecular weight excluding hydrogens is 190 g/mol. The molecular formula is C11H17N3O. The van der Waals surface area contributed by atoms with Gasteiger partial charge in [0.1, 0.15) is 0 Å². The van der Waals surface area contributed by atoms with Crippen molar-refractivity contribution in [2.24, 2.45) is 0 Å². The number of anilines is 2. The number of rotatable bonds is 3. The SMILES string of the molecule is CC(Nc1cncc(N)c1)C1CCCO1. The van der Waals surface area contributed by atoms with Crippen molar-refractivity contribution in [3.05, 3.63) is 18.5 Å². The molecule has 1 aliphatic heterocycles.